The van der Waals surface area contributed by atoms with E-state index in [0.29, 0.717) is 13.1 Å². The molecule has 0 spiro atoms. The van der Waals surface area contributed by atoms with E-state index in [1.54, 1.807) is 11.8 Å². The molecular formula is C28H33ClN2O3. The van der Waals surface area contributed by atoms with Gasteiger partial charge in [-0.2, -0.15) is 0 Å². The maximum atomic E-state index is 12.5. The van der Waals surface area contributed by atoms with Gasteiger partial charge in [-0.05, 0) is 42.7 Å². The molecule has 3 rings (SSSR count). The van der Waals surface area contributed by atoms with Crippen LogP contribution in [0.3, 0.4) is 0 Å². The molecule has 0 aromatic heterocycles. The van der Waals surface area contributed by atoms with Crippen molar-refractivity contribution in [1.82, 2.24) is 5.32 Å². The first-order valence-corrected chi connectivity index (χ1v) is 11.1. The quantitative estimate of drug-likeness (QED) is 0.391. The topological polar surface area (TPSA) is 58.6 Å². The Balaban J connectivity index is 0.00000408. The summed E-state index contributed by atoms with van der Waals surface area (Å²) in [7, 11) is 0. The lowest BCUT2D eigenvalue weighted by molar-refractivity contribution is -0.150. The Morgan fingerprint density at radius 1 is 0.882 bits per heavy atom. The third-order valence-electron chi connectivity index (χ3n) is 5.58. The highest BCUT2D eigenvalue weighted by molar-refractivity contribution is 5.91. The van der Waals surface area contributed by atoms with E-state index >= 15 is 0 Å². The average molecular weight is 481 g/mol. The highest BCUT2D eigenvalue weighted by Crippen LogP contribution is 2.33. The Morgan fingerprint density at radius 2 is 1.47 bits per heavy atom. The summed E-state index contributed by atoms with van der Waals surface area (Å²) in [5.41, 5.74) is 3.22. The molecule has 0 heterocycles. The van der Waals surface area contributed by atoms with Crippen molar-refractivity contribution in [2.24, 2.45) is 0 Å². The Morgan fingerprint density at radius 3 is 2.03 bits per heavy atom. The van der Waals surface area contributed by atoms with Gasteiger partial charge in [-0.15, -0.1) is 12.4 Å². The molecule has 0 saturated heterocycles. The summed E-state index contributed by atoms with van der Waals surface area (Å²) in [5.74, 6) is -0.408. The van der Waals surface area contributed by atoms with Crippen molar-refractivity contribution in [3.8, 4) is 0 Å². The van der Waals surface area contributed by atoms with Gasteiger partial charge in [0.2, 0.25) is 5.91 Å². The highest BCUT2D eigenvalue weighted by atomic mass is 35.5. The molecule has 6 heteroatoms. The van der Waals surface area contributed by atoms with Crippen molar-refractivity contribution in [3.63, 3.8) is 0 Å². The fourth-order valence-corrected chi connectivity index (χ4v) is 3.82. The predicted molar refractivity (Wildman–Crippen MR) is 139 cm³/mol. The second-order valence-electron chi connectivity index (χ2n) is 8.74. The number of esters is 1. The second-order valence-corrected chi connectivity index (χ2v) is 8.74. The van der Waals surface area contributed by atoms with Crippen LogP contribution in [-0.2, 0) is 27.4 Å². The normalized spacial score (nSPS) is 11.8. The fraction of sp³-hybridized carbons (Fsp3) is 0.286. The molecule has 1 N–H and O–H groups in total. The van der Waals surface area contributed by atoms with Crippen LogP contribution in [0.25, 0.3) is 0 Å². The van der Waals surface area contributed by atoms with Gasteiger partial charge in [-0.1, -0.05) is 72.8 Å². The summed E-state index contributed by atoms with van der Waals surface area (Å²) in [6.07, 6.45) is -0.538. The van der Waals surface area contributed by atoms with Crippen molar-refractivity contribution in [1.29, 1.82) is 0 Å². The number of amides is 1. The molecule has 0 fully saturated rings. The van der Waals surface area contributed by atoms with Crippen LogP contribution in [0, 0.1) is 0 Å². The maximum Gasteiger partial charge on any atom is 0.303 e. The molecule has 0 radical (unpaired) electrons. The molecule has 0 aliphatic carbocycles. The minimum Gasteiger partial charge on any atom is -0.456 e. The van der Waals surface area contributed by atoms with Crippen molar-refractivity contribution < 1.29 is 14.3 Å². The van der Waals surface area contributed by atoms with Gasteiger partial charge in [0.25, 0.3) is 0 Å². The number of nitrogens with zero attached hydrogens (tertiary/aromatic N) is 1. The Kier molecular flexibility index (Phi) is 9.84. The van der Waals surface area contributed by atoms with E-state index in [4.69, 9.17) is 4.74 Å². The highest BCUT2D eigenvalue weighted by Gasteiger charge is 2.33. The Labute approximate surface area is 208 Å². The molecule has 5 nitrogen and oxygen atoms in total. The number of benzene rings is 3. The van der Waals surface area contributed by atoms with Crippen LogP contribution in [0.4, 0.5) is 5.69 Å². The van der Waals surface area contributed by atoms with Gasteiger partial charge in [0.1, 0.15) is 6.10 Å². The number of halogens is 1. The zero-order chi connectivity index (χ0) is 23.8. The SMILES string of the molecule is CC(=O)OC(c1cccc(N(Cc2ccccc2)C(C)=O)c1)C(C)(C)NCc1ccccc1.Cl. The van der Waals surface area contributed by atoms with Gasteiger partial charge in [-0.25, -0.2) is 0 Å². The summed E-state index contributed by atoms with van der Waals surface area (Å²) in [5, 5.41) is 3.53. The molecule has 0 aliphatic heterocycles. The van der Waals surface area contributed by atoms with Gasteiger partial charge in [0.15, 0.2) is 0 Å². The average Bonchev–Trinajstić information content (AvgIpc) is 2.81. The number of nitrogens with one attached hydrogen (secondary N) is 1. The van der Waals surface area contributed by atoms with Gasteiger partial charge >= 0.3 is 5.97 Å². The van der Waals surface area contributed by atoms with E-state index in [0.717, 1.165) is 22.4 Å². The standard InChI is InChI=1S/C28H32N2O3.ClH/c1-21(31)30(20-24-14-9-6-10-15-24)26-17-11-16-25(18-26)27(33-22(2)32)28(3,4)29-19-23-12-7-5-8-13-23;/h5-18,27,29H,19-20H2,1-4H3;1H. The predicted octanol–water partition coefficient (Wildman–Crippen LogP) is 5.83. The number of carbonyl (C=O) groups is 2. The van der Waals surface area contributed by atoms with Crippen LogP contribution in [-0.4, -0.2) is 17.4 Å². The Hall–Kier alpha value is -3.15. The molecule has 3 aromatic rings. The number of ether oxygens (including phenoxy) is 1. The van der Waals surface area contributed by atoms with Gasteiger partial charge in [0.05, 0.1) is 12.1 Å². The van der Waals surface area contributed by atoms with Crippen LogP contribution in [0.5, 0.6) is 0 Å². The second kappa shape index (κ2) is 12.4. The van der Waals surface area contributed by atoms with Crippen LogP contribution < -0.4 is 10.2 Å². The van der Waals surface area contributed by atoms with Crippen LogP contribution in [0.15, 0.2) is 84.9 Å². The third kappa shape index (κ3) is 7.44. The number of carbonyl (C=O) groups excluding carboxylic acids is 2. The molecule has 34 heavy (non-hydrogen) atoms. The molecule has 1 amide bonds. The molecule has 1 atom stereocenters. The lowest BCUT2D eigenvalue weighted by atomic mass is 9.90. The molecule has 3 aromatic carbocycles. The van der Waals surface area contributed by atoms with Gasteiger partial charge in [-0.3, -0.25) is 9.59 Å². The number of rotatable bonds is 9. The summed E-state index contributed by atoms with van der Waals surface area (Å²) in [6, 6.07) is 27.6. The van der Waals surface area contributed by atoms with E-state index in [2.05, 4.69) is 17.4 Å². The van der Waals surface area contributed by atoms with E-state index < -0.39 is 11.6 Å². The Bertz CT molecular complexity index is 1070. The summed E-state index contributed by atoms with van der Waals surface area (Å²) < 4.78 is 5.80. The third-order valence-corrected chi connectivity index (χ3v) is 5.58. The fourth-order valence-electron chi connectivity index (χ4n) is 3.82. The first-order valence-electron chi connectivity index (χ1n) is 11.1. The van der Waals surface area contributed by atoms with E-state index in [9.17, 15) is 9.59 Å². The molecule has 0 aliphatic rings. The zero-order valence-electron chi connectivity index (χ0n) is 20.2. The van der Waals surface area contributed by atoms with E-state index in [1.807, 2.05) is 86.6 Å². The van der Waals surface area contributed by atoms with Crippen molar-refractivity contribution in [2.75, 3.05) is 4.90 Å². The molecule has 180 valence electrons. The summed E-state index contributed by atoms with van der Waals surface area (Å²) >= 11 is 0. The molecule has 1 unspecified atom stereocenters. The monoisotopic (exact) mass is 480 g/mol. The summed E-state index contributed by atoms with van der Waals surface area (Å²) in [6.45, 7) is 8.12. The largest absolute Gasteiger partial charge is 0.456 e. The van der Waals surface area contributed by atoms with Crippen molar-refractivity contribution in [2.45, 2.75) is 52.4 Å². The zero-order valence-corrected chi connectivity index (χ0v) is 21.0. The van der Waals surface area contributed by atoms with E-state index in [-0.39, 0.29) is 24.3 Å². The number of hydrogen-bond donors (Lipinski definition) is 1. The maximum absolute atomic E-state index is 12.5. The van der Waals surface area contributed by atoms with Crippen molar-refractivity contribution >= 4 is 30.0 Å². The molecule has 0 bridgehead atoms. The minimum atomic E-state index is -0.555. The molecule has 0 saturated carbocycles. The van der Waals surface area contributed by atoms with Crippen molar-refractivity contribution in [3.05, 3.63) is 102 Å². The molecular weight excluding hydrogens is 448 g/mol. The van der Waals surface area contributed by atoms with Gasteiger partial charge < -0.3 is 15.0 Å². The van der Waals surface area contributed by atoms with Crippen LogP contribution in [0.2, 0.25) is 0 Å². The van der Waals surface area contributed by atoms with Crippen LogP contribution >= 0.6 is 12.4 Å². The first kappa shape index (κ1) is 27.1. The number of hydrogen-bond acceptors (Lipinski definition) is 4. The minimum absolute atomic E-state index is 0. The number of anilines is 1. The lowest BCUT2D eigenvalue weighted by Crippen LogP contribution is -2.46. The van der Waals surface area contributed by atoms with Crippen LogP contribution in [0.1, 0.15) is 50.5 Å². The smallest absolute Gasteiger partial charge is 0.303 e. The first-order chi connectivity index (χ1) is 15.8. The van der Waals surface area contributed by atoms with Gasteiger partial charge in [0, 0.05) is 26.1 Å². The summed E-state index contributed by atoms with van der Waals surface area (Å²) in [4.78, 5) is 26.2. The van der Waals surface area contributed by atoms with E-state index in [1.165, 1.54) is 6.92 Å². The lowest BCUT2D eigenvalue weighted by Gasteiger charge is -2.35.